The summed E-state index contributed by atoms with van der Waals surface area (Å²) >= 11 is 0. The minimum Gasteiger partial charge on any atom is -0.459 e. The molecule has 0 spiro atoms. The molecule has 1 amide bonds. The van der Waals surface area contributed by atoms with Crippen molar-refractivity contribution >= 4 is 5.91 Å². The molecular weight excluding hydrogens is 270 g/mol. The molecule has 6 nitrogen and oxygen atoms in total. The van der Waals surface area contributed by atoms with E-state index in [4.69, 9.17) is 9.15 Å². The van der Waals surface area contributed by atoms with Crippen LogP contribution in [0.1, 0.15) is 34.7 Å². The number of carbonyl (C=O) groups excluding carboxylic acids is 1. The van der Waals surface area contributed by atoms with Gasteiger partial charge in [-0.15, -0.1) is 0 Å². The highest BCUT2D eigenvalue weighted by Crippen LogP contribution is 2.28. The van der Waals surface area contributed by atoms with Crippen molar-refractivity contribution in [2.24, 2.45) is 7.05 Å². The predicted molar refractivity (Wildman–Crippen MR) is 75.9 cm³/mol. The maximum absolute atomic E-state index is 12.5. The first-order chi connectivity index (χ1) is 10.2. The summed E-state index contributed by atoms with van der Waals surface area (Å²) in [6, 6.07) is 3.41. The molecule has 0 saturated carbocycles. The third-order valence-corrected chi connectivity index (χ3v) is 3.70. The highest BCUT2D eigenvalue weighted by Gasteiger charge is 2.31. The van der Waals surface area contributed by atoms with Crippen LogP contribution in [0.15, 0.2) is 29.0 Å². The predicted octanol–water partition coefficient (Wildman–Crippen LogP) is 1.79. The van der Waals surface area contributed by atoms with E-state index in [9.17, 15) is 4.79 Å². The van der Waals surface area contributed by atoms with Gasteiger partial charge in [0.15, 0.2) is 5.76 Å². The van der Waals surface area contributed by atoms with Crippen LogP contribution >= 0.6 is 0 Å². The second-order valence-corrected chi connectivity index (χ2v) is 5.22. The molecule has 1 atom stereocenters. The number of rotatable bonds is 4. The number of carbonyl (C=O) groups is 1. The maximum Gasteiger partial charge on any atom is 0.289 e. The molecule has 3 heterocycles. The largest absolute Gasteiger partial charge is 0.459 e. The second-order valence-electron chi connectivity index (χ2n) is 5.22. The van der Waals surface area contributed by atoms with Gasteiger partial charge in [0, 0.05) is 37.9 Å². The van der Waals surface area contributed by atoms with Crippen LogP contribution in [-0.4, -0.2) is 40.3 Å². The summed E-state index contributed by atoms with van der Waals surface area (Å²) < 4.78 is 12.6. The lowest BCUT2D eigenvalue weighted by Gasteiger charge is -2.31. The van der Waals surface area contributed by atoms with E-state index in [0.29, 0.717) is 32.1 Å². The van der Waals surface area contributed by atoms with Gasteiger partial charge in [-0.3, -0.25) is 9.48 Å². The zero-order valence-electron chi connectivity index (χ0n) is 12.3. The lowest BCUT2D eigenvalue weighted by molar-refractivity contribution is 0.0622. The fourth-order valence-corrected chi connectivity index (χ4v) is 2.74. The van der Waals surface area contributed by atoms with Gasteiger partial charge >= 0.3 is 0 Å². The Kier molecular flexibility index (Phi) is 3.79. The standard InChI is InChI=1S/C15H19N3O3/c1-3-20-10-11-7-18(15(19)14-5-4-6-21-14)9-13-12(11)8-17(2)16-13/h4-6,8,11H,3,7,9-10H2,1-2H3. The van der Waals surface area contributed by atoms with Crippen LogP contribution in [0.4, 0.5) is 0 Å². The zero-order valence-corrected chi connectivity index (χ0v) is 12.3. The molecule has 0 saturated heterocycles. The summed E-state index contributed by atoms with van der Waals surface area (Å²) in [6.45, 7) is 4.37. The number of aryl methyl sites for hydroxylation is 1. The highest BCUT2D eigenvalue weighted by molar-refractivity contribution is 5.91. The van der Waals surface area contributed by atoms with Crippen molar-refractivity contribution in [1.29, 1.82) is 0 Å². The smallest absolute Gasteiger partial charge is 0.289 e. The average molecular weight is 289 g/mol. The number of hydrogen-bond acceptors (Lipinski definition) is 4. The van der Waals surface area contributed by atoms with Crippen LogP contribution in [0.25, 0.3) is 0 Å². The monoisotopic (exact) mass is 289 g/mol. The summed E-state index contributed by atoms with van der Waals surface area (Å²) in [5.41, 5.74) is 2.11. The number of furan rings is 1. The first-order valence-corrected chi connectivity index (χ1v) is 7.12. The summed E-state index contributed by atoms with van der Waals surface area (Å²) in [4.78, 5) is 14.2. The van der Waals surface area contributed by atoms with E-state index < -0.39 is 0 Å². The summed E-state index contributed by atoms with van der Waals surface area (Å²) in [5, 5.41) is 4.46. The molecule has 0 aromatic carbocycles. The summed E-state index contributed by atoms with van der Waals surface area (Å²) in [7, 11) is 1.90. The Bertz CT molecular complexity index is 618. The van der Waals surface area contributed by atoms with Crippen molar-refractivity contribution in [3.63, 3.8) is 0 Å². The molecular formula is C15H19N3O3. The fraction of sp³-hybridized carbons (Fsp3) is 0.467. The van der Waals surface area contributed by atoms with Gasteiger partial charge in [-0.2, -0.15) is 5.10 Å². The quantitative estimate of drug-likeness (QED) is 0.861. The third-order valence-electron chi connectivity index (χ3n) is 3.70. The molecule has 3 rings (SSSR count). The zero-order chi connectivity index (χ0) is 14.8. The Morgan fingerprint density at radius 1 is 1.57 bits per heavy atom. The normalized spacial score (nSPS) is 17.8. The van der Waals surface area contributed by atoms with E-state index in [1.807, 2.05) is 20.2 Å². The summed E-state index contributed by atoms with van der Waals surface area (Å²) in [6.07, 6.45) is 3.54. The van der Waals surface area contributed by atoms with E-state index in [1.54, 1.807) is 21.7 Å². The Morgan fingerprint density at radius 3 is 3.14 bits per heavy atom. The van der Waals surface area contributed by atoms with Crippen LogP contribution in [-0.2, 0) is 18.3 Å². The van der Waals surface area contributed by atoms with Crippen LogP contribution in [0.2, 0.25) is 0 Å². The Morgan fingerprint density at radius 2 is 2.43 bits per heavy atom. The first-order valence-electron chi connectivity index (χ1n) is 7.12. The lowest BCUT2D eigenvalue weighted by Crippen LogP contribution is -2.39. The van der Waals surface area contributed by atoms with Gasteiger partial charge in [-0.05, 0) is 19.1 Å². The molecule has 112 valence electrons. The van der Waals surface area contributed by atoms with Gasteiger partial charge in [0.2, 0.25) is 0 Å². The Hall–Kier alpha value is -2.08. The molecule has 21 heavy (non-hydrogen) atoms. The van der Waals surface area contributed by atoms with E-state index in [1.165, 1.54) is 11.8 Å². The molecule has 2 aromatic heterocycles. The third kappa shape index (κ3) is 2.71. The maximum atomic E-state index is 12.5. The molecule has 1 unspecified atom stereocenters. The van der Waals surface area contributed by atoms with Crippen LogP contribution in [0, 0.1) is 0 Å². The van der Waals surface area contributed by atoms with Crippen molar-refractivity contribution in [3.8, 4) is 0 Å². The molecule has 0 fully saturated rings. The highest BCUT2D eigenvalue weighted by atomic mass is 16.5. The number of nitrogens with zero attached hydrogens (tertiary/aromatic N) is 3. The molecule has 2 aromatic rings. The molecule has 0 bridgehead atoms. The van der Waals surface area contributed by atoms with Gasteiger partial charge in [-0.1, -0.05) is 0 Å². The van der Waals surface area contributed by atoms with Crippen molar-refractivity contribution in [1.82, 2.24) is 14.7 Å². The van der Waals surface area contributed by atoms with E-state index >= 15 is 0 Å². The van der Waals surface area contributed by atoms with Crippen molar-refractivity contribution in [2.75, 3.05) is 19.8 Å². The Balaban J connectivity index is 1.84. The fourth-order valence-electron chi connectivity index (χ4n) is 2.74. The van der Waals surface area contributed by atoms with E-state index in [0.717, 1.165) is 5.69 Å². The molecule has 1 aliphatic rings. The number of fused-ring (bicyclic) bond motifs is 1. The molecule has 0 aliphatic carbocycles. The van der Waals surface area contributed by atoms with Crippen LogP contribution < -0.4 is 0 Å². The van der Waals surface area contributed by atoms with E-state index in [-0.39, 0.29) is 11.8 Å². The lowest BCUT2D eigenvalue weighted by atomic mass is 9.95. The van der Waals surface area contributed by atoms with Crippen molar-refractivity contribution in [3.05, 3.63) is 41.6 Å². The average Bonchev–Trinajstić information content (AvgIpc) is 3.11. The first kappa shape index (κ1) is 13.9. The van der Waals surface area contributed by atoms with Crippen LogP contribution in [0.5, 0.6) is 0 Å². The number of ether oxygens (including phenoxy) is 1. The molecule has 1 aliphatic heterocycles. The van der Waals surface area contributed by atoms with Gasteiger partial charge in [0.05, 0.1) is 25.1 Å². The number of hydrogen-bond donors (Lipinski definition) is 0. The minimum absolute atomic E-state index is 0.0993. The molecule has 0 radical (unpaired) electrons. The summed E-state index contributed by atoms with van der Waals surface area (Å²) in [5.74, 6) is 0.420. The minimum atomic E-state index is -0.0993. The second kappa shape index (κ2) is 5.73. The van der Waals surface area contributed by atoms with Gasteiger partial charge in [0.1, 0.15) is 0 Å². The molecule has 6 heteroatoms. The van der Waals surface area contributed by atoms with Gasteiger partial charge in [0.25, 0.3) is 5.91 Å². The van der Waals surface area contributed by atoms with Crippen molar-refractivity contribution < 1.29 is 13.9 Å². The van der Waals surface area contributed by atoms with Crippen LogP contribution in [0.3, 0.4) is 0 Å². The number of aromatic nitrogens is 2. The SMILES string of the molecule is CCOCC1CN(C(=O)c2ccco2)Cc2nn(C)cc21. The van der Waals surface area contributed by atoms with Gasteiger partial charge in [-0.25, -0.2) is 0 Å². The molecule has 0 N–H and O–H groups in total. The van der Waals surface area contributed by atoms with Crippen molar-refractivity contribution in [2.45, 2.75) is 19.4 Å². The number of amides is 1. The Labute approximate surface area is 123 Å². The van der Waals surface area contributed by atoms with Gasteiger partial charge < -0.3 is 14.1 Å². The topological polar surface area (TPSA) is 60.5 Å². The van der Waals surface area contributed by atoms with E-state index in [2.05, 4.69) is 5.10 Å².